The minimum atomic E-state index is -1.85. The van der Waals surface area contributed by atoms with Crippen molar-refractivity contribution in [1.29, 1.82) is 0 Å². The van der Waals surface area contributed by atoms with Gasteiger partial charge in [0.05, 0.1) is 32.0 Å². The van der Waals surface area contributed by atoms with Gasteiger partial charge in [-0.25, -0.2) is 4.79 Å². The summed E-state index contributed by atoms with van der Waals surface area (Å²) in [4.78, 5) is 26.1. The van der Waals surface area contributed by atoms with Crippen LogP contribution in [0.15, 0.2) is 42.5 Å². The first-order valence-corrected chi connectivity index (χ1v) is 18.5. The van der Waals surface area contributed by atoms with Crippen molar-refractivity contribution in [2.75, 3.05) is 19.8 Å². The van der Waals surface area contributed by atoms with Crippen LogP contribution in [0.4, 0.5) is 0 Å². The molecule has 0 radical (unpaired) electrons. The summed E-state index contributed by atoms with van der Waals surface area (Å²) in [6.45, 7) is 1.04. The van der Waals surface area contributed by atoms with Crippen molar-refractivity contribution in [3.8, 4) is 23.0 Å². The molecular weight excluding hydrogens is 776 g/mol. The number of aliphatic hydroxyl groups is 7. The van der Waals surface area contributed by atoms with Crippen LogP contribution < -0.4 is 0 Å². The average Bonchev–Trinajstić information content (AvgIpc) is 3.18. The van der Waals surface area contributed by atoms with Crippen LogP contribution in [0.1, 0.15) is 31.4 Å². The fraction of sp³-hybridized carbons (Fsp3) is 0.579. The number of aliphatic hydroxyl groups excluding tert-OH is 7. The Hall–Kier alpha value is -4.16. The van der Waals surface area contributed by atoms with Crippen molar-refractivity contribution in [1.82, 2.24) is 0 Å². The third-order valence-corrected chi connectivity index (χ3v) is 10.1. The van der Waals surface area contributed by atoms with E-state index in [1.807, 2.05) is 0 Å². The van der Waals surface area contributed by atoms with Gasteiger partial charge in [0.25, 0.3) is 0 Å². The van der Waals surface area contributed by atoms with Crippen LogP contribution in [0.2, 0.25) is 0 Å². The van der Waals surface area contributed by atoms with Crippen LogP contribution >= 0.6 is 0 Å². The fourth-order valence-electron chi connectivity index (χ4n) is 6.90. The van der Waals surface area contributed by atoms with E-state index in [9.17, 15) is 65.8 Å². The Kier molecular flexibility index (Phi) is 15.3. The summed E-state index contributed by atoms with van der Waals surface area (Å²) in [5.41, 5.74) is 0.778. The maximum absolute atomic E-state index is 13.5. The third-order valence-electron chi connectivity index (χ3n) is 10.1. The summed E-state index contributed by atoms with van der Waals surface area (Å²) in [6, 6.07) is 7.80. The predicted molar refractivity (Wildman–Crippen MR) is 193 cm³/mol. The Morgan fingerprint density at radius 2 is 1.38 bits per heavy atom. The lowest BCUT2D eigenvalue weighted by molar-refractivity contribution is -0.341. The molecule has 5 rings (SSSR count). The van der Waals surface area contributed by atoms with E-state index in [0.717, 1.165) is 19.1 Å². The lowest BCUT2D eigenvalue weighted by Gasteiger charge is -2.48. The molecule has 0 bridgehead atoms. The number of carbonyl (C=O) groups excluding carboxylic acids is 2. The van der Waals surface area contributed by atoms with Crippen LogP contribution in [-0.4, -0.2) is 174 Å². The molecule has 2 aliphatic heterocycles. The van der Waals surface area contributed by atoms with Gasteiger partial charge in [0, 0.05) is 13.0 Å². The largest absolute Gasteiger partial charge is 0.504 e. The van der Waals surface area contributed by atoms with Crippen molar-refractivity contribution in [3.63, 3.8) is 0 Å². The van der Waals surface area contributed by atoms with Gasteiger partial charge in [0.2, 0.25) is 0 Å². The molecule has 15 atom stereocenters. The first kappa shape index (κ1) is 44.9. The number of rotatable bonds is 14. The highest BCUT2D eigenvalue weighted by Crippen LogP contribution is 2.36. The van der Waals surface area contributed by atoms with Gasteiger partial charge in [0.15, 0.2) is 47.8 Å². The molecule has 2 aromatic rings. The van der Waals surface area contributed by atoms with Gasteiger partial charge in [-0.15, -0.1) is 0 Å². The van der Waals surface area contributed by atoms with Crippen molar-refractivity contribution < 1.29 is 98.9 Å². The minimum absolute atomic E-state index is 0.0453. The van der Waals surface area contributed by atoms with Gasteiger partial charge in [-0.2, -0.15) is 0 Å². The number of carbonyl (C=O) groups is 2. The smallest absolute Gasteiger partial charge is 0.331 e. The number of aromatic hydroxyl groups is 4. The number of hydrogen-bond acceptors (Lipinski definition) is 20. The van der Waals surface area contributed by atoms with E-state index >= 15 is 0 Å². The quantitative estimate of drug-likeness (QED) is 0.0560. The molecule has 3 aliphatic rings. The number of benzene rings is 2. The zero-order chi connectivity index (χ0) is 42.4. The Balaban J connectivity index is 1.50. The number of phenols is 4. The molecular formula is C38H50O20. The number of ether oxygens (including phenoxy) is 7. The molecule has 2 aromatic carbocycles. The molecule has 1 aliphatic carbocycles. The molecule has 2 heterocycles. The Labute approximate surface area is 331 Å². The van der Waals surface area contributed by atoms with Crippen molar-refractivity contribution in [3.05, 3.63) is 53.6 Å². The number of esters is 2. The second kappa shape index (κ2) is 19.7. The Bertz CT molecular complexity index is 1720. The molecule has 20 nitrogen and oxygen atoms in total. The predicted octanol–water partition coefficient (Wildman–Crippen LogP) is -1.96. The minimum Gasteiger partial charge on any atom is -0.504 e. The highest BCUT2D eigenvalue weighted by atomic mass is 16.7. The highest BCUT2D eigenvalue weighted by Gasteiger charge is 2.54. The maximum Gasteiger partial charge on any atom is 0.331 e. The van der Waals surface area contributed by atoms with Crippen LogP contribution in [0.5, 0.6) is 23.0 Å². The van der Waals surface area contributed by atoms with E-state index in [-0.39, 0.29) is 30.8 Å². The standard InChI is InChI=1S/C38H50O20/c1-16-11-24(29(47)31(49)28(16)46)55-35-34(58-27(45)8-5-18-3-6-20(41)22(43)12-18)26(15-53-37-33(51)32(50)30(48)25(14-39)56-37)57-38(36(35)54-17(2)40)52-10-9-19-4-7-21(42)23(44)13-19/h3-8,12-13,16,24-26,28-39,41-44,46-51H,9-11,14-15H2,1-2H3/b8-5+/t16-,24-,25-,26-,28+,29+,30-,31-,32+,33-,34-,35+,36-,37-,38-/m1/s1. The van der Waals surface area contributed by atoms with E-state index in [0.29, 0.717) is 5.56 Å². The Morgan fingerprint density at radius 3 is 2.03 bits per heavy atom. The summed E-state index contributed by atoms with van der Waals surface area (Å²) in [6.07, 6.45) is -20.1. The van der Waals surface area contributed by atoms with Gasteiger partial charge in [0.1, 0.15) is 48.8 Å². The van der Waals surface area contributed by atoms with Gasteiger partial charge in [-0.3, -0.25) is 4.79 Å². The molecule has 58 heavy (non-hydrogen) atoms. The third kappa shape index (κ3) is 10.7. The van der Waals surface area contributed by atoms with Gasteiger partial charge >= 0.3 is 11.9 Å². The van der Waals surface area contributed by atoms with E-state index in [1.54, 1.807) is 6.92 Å². The maximum atomic E-state index is 13.5. The topological polar surface area (TPSA) is 321 Å². The molecule has 0 aromatic heterocycles. The number of phenolic OH excluding ortho intramolecular Hbond substituents is 4. The lowest BCUT2D eigenvalue weighted by Crippen LogP contribution is -2.65. The fourth-order valence-corrected chi connectivity index (χ4v) is 6.90. The molecule has 2 saturated heterocycles. The Morgan fingerprint density at radius 1 is 0.724 bits per heavy atom. The number of hydrogen-bond donors (Lipinski definition) is 11. The van der Waals surface area contributed by atoms with Gasteiger partial charge < -0.3 is 89.3 Å². The van der Waals surface area contributed by atoms with E-state index in [4.69, 9.17) is 33.2 Å². The molecule has 322 valence electrons. The summed E-state index contributed by atoms with van der Waals surface area (Å²) >= 11 is 0. The van der Waals surface area contributed by atoms with Crippen molar-refractivity contribution in [2.45, 2.75) is 113 Å². The summed E-state index contributed by atoms with van der Waals surface area (Å²) in [5.74, 6) is -4.19. The monoisotopic (exact) mass is 826 g/mol. The van der Waals surface area contributed by atoms with Crippen LogP contribution in [-0.2, 0) is 49.2 Å². The average molecular weight is 827 g/mol. The van der Waals surface area contributed by atoms with Crippen LogP contribution in [0.25, 0.3) is 6.08 Å². The van der Waals surface area contributed by atoms with Gasteiger partial charge in [-0.1, -0.05) is 19.1 Å². The summed E-state index contributed by atoms with van der Waals surface area (Å²) < 4.78 is 41.4. The normalized spacial score (nSPS) is 35.4. The van der Waals surface area contributed by atoms with E-state index < -0.39 is 134 Å². The van der Waals surface area contributed by atoms with E-state index in [1.165, 1.54) is 36.4 Å². The molecule has 0 amide bonds. The molecule has 0 spiro atoms. The first-order valence-electron chi connectivity index (χ1n) is 18.5. The summed E-state index contributed by atoms with van der Waals surface area (Å²) in [7, 11) is 0. The first-order chi connectivity index (χ1) is 27.5. The molecule has 20 heteroatoms. The zero-order valence-electron chi connectivity index (χ0n) is 31.4. The molecule has 1 saturated carbocycles. The molecule has 11 N–H and O–H groups in total. The van der Waals surface area contributed by atoms with Crippen LogP contribution in [0, 0.1) is 5.92 Å². The van der Waals surface area contributed by atoms with Crippen molar-refractivity contribution >= 4 is 18.0 Å². The van der Waals surface area contributed by atoms with Crippen molar-refractivity contribution in [2.24, 2.45) is 5.92 Å². The SMILES string of the molecule is CC(=O)O[C@H]1[C@H](OCCc2ccc(O)c(O)c2)O[C@H](CO[C@@H]2O[C@H](CO)[C@@H](O)[C@H](O)[C@H]2O)[C@@H](OC(=O)/C=C/c2ccc(O)c(O)c2)[C@@H]1O[C@@H]1C[C@@H](C)[C@H](O)[C@@H](O)[C@H]1O. The highest BCUT2D eigenvalue weighted by molar-refractivity contribution is 5.87. The van der Waals surface area contributed by atoms with Crippen LogP contribution in [0.3, 0.4) is 0 Å². The molecule has 3 fully saturated rings. The molecule has 0 unspecified atom stereocenters. The van der Waals surface area contributed by atoms with Gasteiger partial charge in [-0.05, 0) is 60.2 Å². The zero-order valence-corrected chi connectivity index (χ0v) is 31.4. The second-order valence-corrected chi connectivity index (χ2v) is 14.4. The lowest BCUT2D eigenvalue weighted by atomic mass is 9.81. The summed E-state index contributed by atoms with van der Waals surface area (Å²) in [5, 5.41) is 112. The second-order valence-electron chi connectivity index (χ2n) is 14.4. The van der Waals surface area contributed by atoms with E-state index in [2.05, 4.69) is 0 Å².